The lowest BCUT2D eigenvalue weighted by Crippen LogP contribution is -2.30. The molecule has 2 aromatic rings. The number of halogens is 3. The van der Waals surface area contributed by atoms with E-state index in [-0.39, 0.29) is 16.8 Å². The van der Waals surface area contributed by atoms with Crippen LogP contribution < -0.4 is 4.90 Å². The highest BCUT2D eigenvalue weighted by Gasteiger charge is 2.38. The Morgan fingerprint density at radius 3 is 2.00 bits per heavy atom. The number of nitrogens with zero attached hydrogens (tertiary/aromatic N) is 1. The highest BCUT2D eigenvalue weighted by Crippen LogP contribution is 2.37. The standard InChI is InChI=1S/C14H6Br2FNO2/c15-7-5-10(16)12(11(17)6-7)18-13(19)8-3-1-2-4-9(8)14(18)20/h1-6H. The van der Waals surface area contributed by atoms with E-state index in [1.807, 2.05) is 0 Å². The van der Waals surface area contributed by atoms with E-state index in [2.05, 4.69) is 31.9 Å². The van der Waals surface area contributed by atoms with Crippen LogP contribution in [0.2, 0.25) is 0 Å². The van der Waals surface area contributed by atoms with E-state index in [0.717, 1.165) is 4.90 Å². The number of rotatable bonds is 1. The smallest absolute Gasteiger partial charge is 0.266 e. The first-order valence-electron chi connectivity index (χ1n) is 5.63. The van der Waals surface area contributed by atoms with Crippen molar-refractivity contribution in [2.45, 2.75) is 0 Å². The molecule has 0 N–H and O–H groups in total. The van der Waals surface area contributed by atoms with Gasteiger partial charge in [0.05, 0.1) is 11.1 Å². The minimum absolute atomic E-state index is 0.0700. The molecule has 0 saturated heterocycles. The molecule has 0 unspecified atom stereocenters. The Bertz CT molecular complexity index is 703. The predicted molar refractivity (Wildman–Crippen MR) is 79.4 cm³/mol. The van der Waals surface area contributed by atoms with Crippen LogP contribution in [0.25, 0.3) is 0 Å². The molecule has 100 valence electrons. The first-order chi connectivity index (χ1) is 9.50. The van der Waals surface area contributed by atoms with Crippen LogP contribution in [-0.4, -0.2) is 11.8 Å². The Kier molecular flexibility index (Phi) is 3.22. The van der Waals surface area contributed by atoms with Gasteiger partial charge in [0.15, 0.2) is 0 Å². The van der Waals surface area contributed by atoms with Gasteiger partial charge in [-0.1, -0.05) is 28.1 Å². The largest absolute Gasteiger partial charge is 0.268 e. The van der Waals surface area contributed by atoms with Crippen LogP contribution >= 0.6 is 31.9 Å². The Hall–Kier alpha value is -1.53. The van der Waals surface area contributed by atoms with E-state index in [4.69, 9.17) is 0 Å². The minimum Gasteiger partial charge on any atom is -0.268 e. The van der Waals surface area contributed by atoms with Gasteiger partial charge in [0, 0.05) is 8.95 Å². The van der Waals surface area contributed by atoms with Gasteiger partial charge in [-0.15, -0.1) is 0 Å². The molecule has 0 atom stereocenters. The number of hydrogen-bond donors (Lipinski definition) is 0. The van der Waals surface area contributed by atoms with E-state index >= 15 is 0 Å². The molecular formula is C14H6Br2FNO2. The van der Waals surface area contributed by atoms with Crippen molar-refractivity contribution >= 4 is 49.4 Å². The van der Waals surface area contributed by atoms with Crippen molar-refractivity contribution in [3.05, 3.63) is 62.3 Å². The van der Waals surface area contributed by atoms with E-state index in [9.17, 15) is 14.0 Å². The van der Waals surface area contributed by atoms with Gasteiger partial charge in [-0.3, -0.25) is 9.59 Å². The molecule has 0 fully saturated rings. The van der Waals surface area contributed by atoms with Crippen LogP contribution in [0.3, 0.4) is 0 Å². The van der Waals surface area contributed by atoms with Crippen molar-refractivity contribution in [2.75, 3.05) is 4.90 Å². The summed E-state index contributed by atoms with van der Waals surface area (Å²) in [4.78, 5) is 25.5. The van der Waals surface area contributed by atoms with Crippen molar-refractivity contribution in [2.24, 2.45) is 0 Å². The number of imide groups is 1. The molecule has 20 heavy (non-hydrogen) atoms. The maximum atomic E-state index is 14.1. The summed E-state index contributed by atoms with van der Waals surface area (Å²) in [5.41, 5.74) is 0.498. The second-order valence-electron chi connectivity index (χ2n) is 4.21. The number of amides is 2. The van der Waals surface area contributed by atoms with E-state index in [1.54, 1.807) is 30.3 Å². The maximum absolute atomic E-state index is 14.1. The third-order valence-electron chi connectivity index (χ3n) is 3.00. The van der Waals surface area contributed by atoms with Crippen molar-refractivity contribution in [3.63, 3.8) is 0 Å². The molecule has 0 aromatic heterocycles. The van der Waals surface area contributed by atoms with Crippen LogP contribution in [0.1, 0.15) is 20.7 Å². The monoisotopic (exact) mass is 397 g/mol. The highest BCUT2D eigenvalue weighted by molar-refractivity contribution is 9.11. The zero-order valence-electron chi connectivity index (χ0n) is 9.86. The molecule has 3 nitrogen and oxygen atoms in total. The predicted octanol–water partition coefficient (Wildman–Crippen LogP) is 4.15. The molecule has 0 aliphatic carbocycles. The van der Waals surface area contributed by atoms with Gasteiger partial charge >= 0.3 is 0 Å². The zero-order chi connectivity index (χ0) is 14.4. The molecule has 0 saturated carbocycles. The van der Waals surface area contributed by atoms with Crippen molar-refractivity contribution < 1.29 is 14.0 Å². The number of carbonyl (C=O) groups is 2. The minimum atomic E-state index is -0.652. The average molecular weight is 399 g/mol. The molecule has 0 bridgehead atoms. The summed E-state index contributed by atoms with van der Waals surface area (Å²) in [6.07, 6.45) is 0. The molecular weight excluding hydrogens is 393 g/mol. The Morgan fingerprint density at radius 1 is 0.950 bits per heavy atom. The summed E-state index contributed by atoms with van der Waals surface area (Å²) in [5, 5.41) is 0. The van der Waals surface area contributed by atoms with Gasteiger partial charge in [-0.25, -0.2) is 9.29 Å². The van der Waals surface area contributed by atoms with Crippen LogP contribution in [0.5, 0.6) is 0 Å². The molecule has 1 aliphatic heterocycles. The van der Waals surface area contributed by atoms with Crippen molar-refractivity contribution in [3.8, 4) is 0 Å². The topological polar surface area (TPSA) is 37.4 Å². The Morgan fingerprint density at radius 2 is 1.50 bits per heavy atom. The fourth-order valence-corrected chi connectivity index (χ4v) is 3.49. The molecule has 3 rings (SSSR count). The van der Waals surface area contributed by atoms with Gasteiger partial charge in [0.25, 0.3) is 11.8 Å². The number of carbonyl (C=O) groups excluding carboxylic acids is 2. The van der Waals surface area contributed by atoms with Gasteiger partial charge in [0.1, 0.15) is 11.5 Å². The third kappa shape index (κ3) is 1.91. The maximum Gasteiger partial charge on any atom is 0.266 e. The number of benzene rings is 2. The first kappa shape index (κ1) is 13.5. The quantitative estimate of drug-likeness (QED) is 0.676. The lowest BCUT2D eigenvalue weighted by Gasteiger charge is -2.16. The lowest BCUT2D eigenvalue weighted by atomic mass is 10.1. The van der Waals surface area contributed by atoms with Gasteiger partial charge in [0.2, 0.25) is 0 Å². The SMILES string of the molecule is O=C1c2ccccc2C(=O)N1c1c(F)cc(Br)cc1Br. The third-order valence-corrected chi connectivity index (χ3v) is 4.06. The second kappa shape index (κ2) is 4.79. The van der Waals surface area contributed by atoms with Crippen LogP contribution in [0.4, 0.5) is 10.1 Å². The number of fused-ring (bicyclic) bond motifs is 1. The Labute approximate surface area is 130 Å². The molecule has 1 aliphatic rings. The fraction of sp³-hybridized carbons (Fsp3) is 0. The molecule has 6 heteroatoms. The average Bonchev–Trinajstić information content (AvgIpc) is 2.64. The first-order valence-corrected chi connectivity index (χ1v) is 7.21. The van der Waals surface area contributed by atoms with Gasteiger partial charge in [-0.05, 0) is 40.2 Å². The molecule has 1 heterocycles. The molecule has 0 spiro atoms. The second-order valence-corrected chi connectivity index (χ2v) is 5.98. The van der Waals surface area contributed by atoms with Crippen molar-refractivity contribution in [1.82, 2.24) is 0 Å². The lowest BCUT2D eigenvalue weighted by molar-refractivity contribution is 0.0924. The summed E-state index contributed by atoms with van der Waals surface area (Å²) in [5.74, 6) is -1.69. The van der Waals surface area contributed by atoms with E-state index in [1.165, 1.54) is 6.07 Å². The van der Waals surface area contributed by atoms with E-state index in [0.29, 0.717) is 8.95 Å². The normalized spacial score (nSPS) is 13.8. The molecule has 2 aromatic carbocycles. The number of anilines is 1. The van der Waals surface area contributed by atoms with Crippen molar-refractivity contribution in [1.29, 1.82) is 0 Å². The fourth-order valence-electron chi connectivity index (χ4n) is 2.14. The summed E-state index contributed by atoms with van der Waals surface area (Å²) < 4.78 is 15.0. The summed E-state index contributed by atoms with van der Waals surface area (Å²) >= 11 is 6.35. The molecule has 0 radical (unpaired) electrons. The van der Waals surface area contributed by atoms with Crippen LogP contribution in [0, 0.1) is 5.82 Å². The highest BCUT2D eigenvalue weighted by atomic mass is 79.9. The summed E-state index contributed by atoms with van der Waals surface area (Å²) in [6, 6.07) is 9.24. The summed E-state index contributed by atoms with van der Waals surface area (Å²) in [7, 11) is 0. The van der Waals surface area contributed by atoms with Gasteiger partial charge in [-0.2, -0.15) is 0 Å². The molecule has 2 amide bonds. The van der Waals surface area contributed by atoms with Gasteiger partial charge < -0.3 is 0 Å². The summed E-state index contributed by atoms with van der Waals surface area (Å²) in [6.45, 7) is 0. The number of hydrogen-bond acceptors (Lipinski definition) is 2. The van der Waals surface area contributed by atoms with Crippen LogP contribution in [-0.2, 0) is 0 Å². The van der Waals surface area contributed by atoms with Crippen LogP contribution in [0.15, 0.2) is 45.3 Å². The zero-order valence-corrected chi connectivity index (χ0v) is 13.0. The Balaban J connectivity index is 2.19. The van der Waals surface area contributed by atoms with E-state index < -0.39 is 17.6 Å².